The van der Waals surface area contributed by atoms with Gasteiger partial charge in [0.15, 0.2) is 5.96 Å². The van der Waals surface area contributed by atoms with Crippen LogP contribution in [0.3, 0.4) is 0 Å². The number of benzene rings is 1. The van der Waals surface area contributed by atoms with Crippen LogP contribution < -0.4 is 5.73 Å². The second-order valence-corrected chi connectivity index (χ2v) is 5.35. The first-order chi connectivity index (χ1) is 8.66. The second kappa shape index (κ2) is 5.89. The largest absolute Gasteiger partial charge is 0.370 e. The summed E-state index contributed by atoms with van der Waals surface area (Å²) in [4.78, 5) is 6.68. The van der Waals surface area contributed by atoms with Crippen LogP contribution in [0, 0.1) is 5.92 Å². The van der Waals surface area contributed by atoms with E-state index in [1.807, 2.05) is 0 Å². The summed E-state index contributed by atoms with van der Waals surface area (Å²) in [6.07, 6.45) is 2.13. The summed E-state index contributed by atoms with van der Waals surface area (Å²) in [5, 5.41) is 0. The van der Waals surface area contributed by atoms with Crippen LogP contribution in [0.15, 0.2) is 29.3 Å². The van der Waals surface area contributed by atoms with Crippen LogP contribution in [0.1, 0.15) is 25.0 Å². The topological polar surface area (TPSA) is 41.6 Å². The maximum atomic E-state index is 6.08. The van der Waals surface area contributed by atoms with Gasteiger partial charge in [0.25, 0.3) is 0 Å². The van der Waals surface area contributed by atoms with Gasteiger partial charge in [0.2, 0.25) is 0 Å². The number of hydrogen-bond donors (Lipinski definition) is 1. The lowest BCUT2D eigenvalue weighted by molar-refractivity contribution is 0.431. The number of hydrogen-bond acceptors (Lipinski definition) is 1. The lowest BCUT2D eigenvalue weighted by Gasteiger charge is -2.21. The Morgan fingerprint density at radius 3 is 2.28 bits per heavy atom. The van der Waals surface area contributed by atoms with Crippen LogP contribution in [0.25, 0.3) is 0 Å². The molecule has 0 aromatic heterocycles. The molecule has 1 aromatic carbocycles. The molecule has 0 radical (unpaired) electrons. The summed E-state index contributed by atoms with van der Waals surface area (Å²) < 4.78 is 0. The van der Waals surface area contributed by atoms with Crippen molar-refractivity contribution < 1.29 is 0 Å². The van der Waals surface area contributed by atoms with Crippen molar-refractivity contribution in [2.24, 2.45) is 16.6 Å². The number of nitrogens with two attached hydrogens (primary N) is 1. The third-order valence-electron chi connectivity index (χ3n) is 3.36. The number of guanidine groups is 1. The molecule has 0 fully saturated rings. The van der Waals surface area contributed by atoms with Gasteiger partial charge in [0.1, 0.15) is 0 Å². The third-order valence-corrected chi connectivity index (χ3v) is 3.36. The van der Waals surface area contributed by atoms with Gasteiger partial charge < -0.3 is 10.6 Å². The van der Waals surface area contributed by atoms with Crippen molar-refractivity contribution in [3.63, 3.8) is 0 Å². The summed E-state index contributed by atoms with van der Waals surface area (Å²) in [6.45, 7) is 7.09. The summed E-state index contributed by atoms with van der Waals surface area (Å²) in [7, 11) is 0. The predicted octanol–water partition coefficient (Wildman–Crippen LogP) is 2.06. The van der Waals surface area contributed by atoms with Crippen LogP contribution in [-0.2, 0) is 12.8 Å². The van der Waals surface area contributed by atoms with E-state index in [-0.39, 0.29) is 0 Å². The molecule has 0 saturated heterocycles. The van der Waals surface area contributed by atoms with E-state index in [9.17, 15) is 0 Å². The summed E-state index contributed by atoms with van der Waals surface area (Å²) in [5.41, 5.74) is 8.99. The van der Waals surface area contributed by atoms with Crippen LogP contribution >= 0.6 is 0 Å². The minimum absolute atomic E-state index is 0.563. The summed E-state index contributed by atoms with van der Waals surface area (Å²) in [6, 6.07) is 8.68. The van der Waals surface area contributed by atoms with Crippen LogP contribution in [0.5, 0.6) is 0 Å². The highest BCUT2D eigenvalue weighted by Gasteiger charge is 2.14. The van der Waals surface area contributed by atoms with E-state index < -0.39 is 0 Å². The Kier molecular flexibility index (Phi) is 4.24. The van der Waals surface area contributed by atoms with Crippen molar-refractivity contribution in [1.29, 1.82) is 0 Å². The molecule has 18 heavy (non-hydrogen) atoms. The molecule has 1 heterocycles. The van der Waals surface area contributed by atoms with Crippen molar-refractivity contribution in [1.82, 2.24) is 4.90 Å². The van der Waals surface area contributed by atoms with Crippen LogP contribution in [0.4, 0.5) is 0 Å². The SMILES string of the molecule is CC(C)CN=C(N)N1CCc2ccccc2CC1. The van der Waals surface area contributed by atoms with Gasteiger partial charge in [-0.3, -0.25) is 4.99 Å². The van der Waals surface area contributed by atoms with E-state index in [4.69, 9.17) is 5.73 Å². The number of nitrogens with zero attached hydrogens (tertiary/aromatic N) is 2. The maximum absolute atomic E-state index is 6.08. The zero-order valence-electron chi connectivity index (χ0n) is 11.4. The molecule has 0 bridgehead atoms. The van der Waals surface area contributed by atoms with Crippen molar-refractivity contribution in [3.05, 3.63) is 35.4 Å². The zero-order valence-corrected chi connectivity index (χ0v) is 11.4. The second-order valence-electron chi connectivity index (χ2n) is 5.35. The fourth-order valence-corrected chi connectivity index (χ4v) is 2.27. The van der Waals surface area contributed by atoms with Gasteiger partial charge in [-0.25, -0.2) is 0 Å². The molecule has 3 heteroatoms. The first-order valence-corrected chi connectivity index (χ1v) is 6.78. The monoisotopic (exact) mass is 245 g/mol. The summed E-state index contributed by atoms with van der Waals surface area (Å²) in [5.74, 6) is 1.27. The Labute approximate surface area is 110 Å². The van der Waals surface area contributed by atoms with E-state index in [0.717, 1.165) is 32.5 Å². The van der Waals surface area contributed by atoms with E-state index in [1.54, 1.807) is 0 Å². The number of aliphatic imine (C=N–C) groups is 1. The highest BCUT2D eigenvalue weighted by Crippen LogP contribution is 2.15. The van der Waals surface area contributed by atoms with Gasteiger partial charge in [0.05, 0.1) is 0 Å². The van der Waals surface area contributed by atoms with E-state index in [2.05, 4.69) is 48.0 Å². The highest BCUT2D eigenvalue weighted by molar-refractivity contribution is 5.78. The molecule has 3 nitrogen and oxygen atoms in total. The molecule has 0 saturated carbocycles. The molecule has 1 aromatic rings. The molecule has 2 N–H and O–H groups in total. The smallest absolute Gasteiger partial charge is 0.191 e. The fourth-order valence-electron chi connectivity index (χ4n) is 2.27. The van der Waals surface area contributed by atoms with Crippen molar-refractivity contribution >= 4 is 5.96 Å². The van der Waals surface area contributed by atoms with Gasteiger partial charge in [-0.05, 0) is 29.9 Å². The number of rotatable bonds is 2. The molecular weight excluding hydrogens is 222 g/mol. The minimum Gasteiger partial charge on any atom is -0.370 e. The Morgan fingerprint density at radius 2 is 1.78 bits per heavy atom. The molecule has 0 atom stereocenters. The Hall–Kier alpha value is -1.51. The molecule has 98 valence electrons. The molecule has 0 spiro atoms. The standard InChI is InChI=1S/C15H23N3/c1-12(2)11-17-15(16)18-9-7-13-5-3-4-6-14(13)8-10-18/h3-6,12H,7-11H2,1-2H3,(H2,16,17). The molecule has 1 aliphatic heterocycles. The maximum Gasteiger partial charge on any atom is 0.191 e. The highest BCUT2D eigenvalue weighted by atomic mass is 15.2. The average molecular weight is 245 g/mol. The molecule has 0 aliphatic carbocycles. The van der Waals surface area contributed by atoms with Gasteiger partial charge in [-0.15, -0.1) is 0 Å². The molecule has 2 rings (SSSR count). The molecular formula is C15H23N3. The van der Waals surface area contributed by atoms with E-state index in [0.29, 0.717) is 11.9 Å². The van der Waals surface area contributed by atoms with Gasteiger partial charge >= 0.3 is 0 Å². The molecule has 0 unspecified atom stereocenters. The zero-order chi connectivity index (χ0) is 13.0. The quantitative estimate of drug-likeness (QED) is 0.640. The average Bonchev–Trinajstić information content (AvgIpc) is 2.58. The van der Waals surface area contributed by atoms with E-state index >= 15 is 0 Å². The van der Waals surface area contributed by atoms with Crippen LogP contribution in [-0.4, -0.2) is 30.5 Å². The third kappa shape index (κ3) is 3.25. The lowest BCUT2D eigenvalue weighted by Crippen LogP contribution is -2.39. The van der Waals surface area contributed by atoms with Gasteiger partial charge in [-0.2, -0.15) is 0 Å². The van der Waals surface area contributed by atoms with Crippen LogP contribution in [0.2, 0.25) is 0 Å². The Morgan fingerprint density at radius 1 is 1.22 bits per heavy atom. The Balaban J connectivity index is 2.01. The lowest BCUT2D eigenvalue weighted by atomic mass is 10.0. The normalized spacial score (nSPS) is 16.6. The first kappa shape index (κ1) is 12.9. The minimum atomic E-state index is 0.563. The summed E-state index contributed by atoms with van der Waals surface area (Å²) >= 11 is 0. The van der Waals surface area contributed by atoms with Crippen molar-refractivity contribution in [2.75, 3.05) is 19.6 Å². The van der Waals surface area contributed by atoms with Crippen molar-refractivity contribution in [3.8, 4) is 0 Å². The van der Waals surface area contributed by atoms with Gasteiger partial charge in [-0.1, -0.05) is 38.1 Å². The molecule has 1 aliphatic rings. The molecule has 0 amide bonds. The van der Waals surface area contributed by atoms with Crippen molar-refractivity contribution in [2.45, 2.75) is 26.7 Å². The van der Waals surface area contributed by atoms with E-state index in [1.165, 1.54) is 11.1 Å². The number of fused-ring (bicyclic) bond motifs is 1. The first-order valence-electron chi connectivity index (χ1n) is 6.78. The fraction of sp³-hybridized carbons (Fsp3) is 0.533. The predicted molar refractivity (Wildman–Crippen MR) is 76.8 cm³/mol. The Bertz CT molecular complexity index is 397. The van der Waals surface area contributed by atoms with Gasteiger partial charge in [0, 0.05) is 19.6 Å².